The van der Waals surface area contributed by atoms with Crippen molar-refractivity contribution >= 4 is 21.6 Å². The third kappa shape index (κ3) is 5.82. The van der Waals surface area contributed by atoms with Crippen molar-refractivity contribution in [3.63, 3.8) is 0 Å². The molecule has 0 saturated heterocycles. The van der Waals surface area contributed by atoms with E-state index in [0.29, 0.717) is 35.0 Å². The molecule has 162 valence electrons. The Hall–Kier alpha value is -3.39. The number of nitrogens with zero attached hydrogens (tertiary/aromatic N) is 1. The van der Waals surface area contributed by atoms with Crippen molar-refractivity contribution < 1.29 is 17.9 Å². The molecule has 0 saturated carbocycles. The summed E-state index contributed by atoms with van der Waals surface area (Å²) < 4.78 is 33.6. The zero-order chi connectivity index (χ0) is 22.4. The monoisotopic (exact) mass is 439 g/mol. The normalized spacial score (nSPS) is 11.1. The fourth-order valence-corrected chi connectivity index (χ4v) is 4.22. The number of hydrogen-bond acceptors (Lipinski definition) is 5. The van der Waals surface area contributed by atoms with Crippen molar-refractivity contribution in [1.29, 1.82) is 0 Å². The van der Waals surface area contributed by atoms with Gasteiger partial charge in [-0.2, -0.15) is 0 Å². The van der Waals surface area contributed by atoms with Crippen LogP contribution in [0.25, 0.3) is 0 Å². The lowest BCUT2D eigenvalue weighted by Crippen LogP contribution is -2.23. The van der Waals surface area contributed by atoms with Gasteiger partial charge in [-0.05, 0) is 62.2 Å². The zero-order valence-electron chi connectivity index (χ0n) is 17.7. The molecule has 3 rings (SSSR count). The van der Waals surface area contributed by atoms with Gasteiger partial charge in [0.2, 0.25) is 5.88 Å². The molecule has 7 nitrogen and oxygen atoms in total. The number of carbonyl (C=O) groups is 1. The van der Waals surface area contributed by atoms with Crippen molar-refractivity contribution in [1.82, 2.24) is 10.3 Å². The highest BCUT2D eigenvalue weighted by Crippen LogP contribution is 2.24. The second-order valence-electron chi connectivity index (χ2n) is 7.14. The number of anilines is 1. The predicted octanol–water partition coefficient (Wildman–Crippen LogP) is 4.43. The van der Waals surface area contributed by atoms with Gasteiger partial charge in [-0.1, -0.05) is 24.6 Å². The summed E-state index contributed by atoms with van der Waals surface area (Å²) in [7, 11) is -3.69. The molecule has 31 heavy (non-hydrogen) atoms. The number of amides is 1. The average Bonchev–Trinajstić information content (AvgIpc) is 2.73. The molecular formula is C23H25N3O4S. The molecule has 0 unspecified atom stereocenters. The van der Waals surface area contributed by atoms with Gasteiger partial charge in [0.1, 0.15) is 5.75 Å². The number of carbonyl (C=O) groups excluding carboxylic acids is 1. The number of benzene rings is 2. The van der Waals surface area contributed by atoms with Crippen LogP contribution in [-0.4, -0.2) is 25.9 Å². The standard InChI is InChI=1S/C23H25N3O4S/c1-4-13-24-23(27)18-6-12-22(25-15-18)30-20-9-7-19(8-10-20)26-31(28,29)21-11-5-16(2)14-17(21)3/h5-12,14-15,26H,4,13H2,1-3H3,(H,24,27). The van der Waals surface area contributed by atoms with E-state index >= 15 is 0 Å². The van der Waals surface area contributed by atoms with Gasteiger partial charge in [-0.3, -0.25) is 9.52 Å². The Morgan fingerprint density at radius 1 is 1.03 bits per heavy atom. The Labute approximate surface area is 182 Å². The third-order valence-electron chi connectivity index (χ3n) is 4.48. The molecule has 0 spiro atoms. The van der Waals surface area contributed by atoms with Gasteiger partial charge in [0.25, 0.3) is 15.9 Å². The molecule has 2 aromatic carbocycles. The minimum atomic E-state index is -3.69. The highest BCUT2D eigenvalue weighted by molar-refractivity contribution is 7.92. The number of pyridine rings is 1. The van der Waals surface area contributed by atoms with Gasteiger partial charge >= 0.3 is 0 Å². The molecule has 3 aromatic rings. The quantitative estimate of drug-likeness (QED) is 0.541. The number of sulfonamides is 1. The number of aryl methyl sites for hydroxylation is 2. The van der Waals surface area contributed by atoms with Gasteiger partial charge in [0.15, 0.2) is 0 Å². The molecule has 0 bridgehead atoms. The lowest BCUT2D eigenvalue weighted by molar-refractivity contribution is 0.0953. The van der Waals surface area contributed by atoms with E-state index in [9.17, 15) is 13.2 Å². The van der Waals surface area contributed by atoms with E-state index in [4.69, 9.17) is 4.74 Å². The number of rotatable bonds is 8. The highest BCUT2D eigenvalue weighted by atomic mass is 32.2. The second kappa shape index (κ2) is 9.61. The first-order valence-electron chi connectivity index (χ1n) is 9.91. The topological polar surface area (TPSA) is 97.4 Å². The van der Waals surface area contributed by atoms with Crippen molar-refractivity contribution in [3.8, 4) is 11.6 Å². The second-order valence-corrected chi connectivity index (χ2v) is 8.79. The number of nitrogens with one attached hydrogen (secondary N) is 2. The SMILES string of the molecule is CCCNC(=O)c1ccc(Oc2ccc(NS(=O)(=O)c3ccc(C)cc3C)cc2)nc1. The number of hydrogen-bond donors (Lipinski definition) is 2. The van der Waals surface area contributed by atoms with Crippen LogP contribution in [0.2, 0.25) is 0 Å². The molecule has 2 N–H and O–H groups in total. The molecule has 1 heterocycles. The Morgan fingerprint density at radius 3 is 2.39 bits per heavy atom. The summed E-state index contributed by atoms with van der Waals surface area (Å²) in [5.74, 6) is 0.641. The van der Waals surface area contributed by atoms with E-state index in [1.807, 2.05) is 19.9 Å². The summed E-state index contributed by atoms with van der Waals surface area (Å²) in [6.45, 7) is 6.27. The summed E-state index contributed by atoms with van der Waals surface area (Å²) >= 11 is 0. The van der Waals surface area contributed by atoms with Gasteiger partial charge in [0.05, 0.1) is 10.5 Å². The molecule has 0 aliphatic rings. The zero-order valence-corrected chi connectivity index (χ0v) is 18.5. The maximum atomic E-state index is 12.7. The lowest BCUT2D eigenvalue weighted by Gasteiger charge is -2.12. The van der Waals surface area contributed by atoms with Crippen LogP contribution >= 0.6 is 0 Å². The van der Waals surface area contributed by atoms with Gasteiger partial charge in [-0.15, -0.1) is 0 Å². The summed E-state index contributed by atoms with van der Waals surface area (Å²) in [4.78, 5) is 16.3. The van der Waals surface area contributed by atoms with E-state index in [-0.39, 0.29) is 10.8 Å². The highest BCUT2D eigenvalue weighted by Gasteiger charge is 2.17. The van der Waals surface area contributed by atoms with Gasteiger partial charge in [0, 0.05) is 24.5 Å². The Morgan fingerprint density at radius 2 is 1.77 bits per heavy atom. The first-order chi connectivity index (χ1) is 14.8. The first-order valence-corrected chi connectivity index (χ1v) is 11.4. The van der Waals surface area contributed by atoms with Crippen LogP contribution in [0.4, 0.5) is 5.69 Å². The van der Waals surface area contributed by atoms with Crippen molar-refractivity contribution in [3.05, 3.63) is 77.5 Å². The largest absolute Gasteiger partial charge is 0.439 e. The minimum Gasteiger partial charge on any atom is -0.439 e. The van der Waals surface area contributed by atoms with E-state index in [0.717, 1.165) is 12.0 Å². The number of ether oxygens (including phenoxy) is 1. The molecule has 0 radical (unpaired) electrons. The summed E-state index contributed by atoms with van der Waals surface area (Å²) in [5, 5.41) is 2.78. The maximum Gasteiger partial charge on any atom is 0.262 e. The average molecular weight is 440 g/mol. The van der Waals surface area contributed by atoms with Crippen LogP contribution in [-0.2, 0) is 10.0 Å². The lowest BCUT2D eigenvalue weighted by atomic mass is 10.2. The molecule has 0 aliphatic carbocycles. The van der Waals surface area contributed by atoms with Crippen molar-refractivity contribution in [2.75, 3.05) is 11.3 Å². The minimum absolute atomic E-state index is 0.179. The fraction of sp³-hybridized carbons (Fsp3) is 0.217. The van der Waals surface area contributed by atoms with Crippen LogP contribution in [0.5, 0.6) is 11.6 Å². The van der Waals surface area contributed by atoms with Crippen LogP contribution in [0.1, 0.15) is 34.8 Å². The van der Waals surface area contributed by atoms with Crippen LogP contribution in [0, 0.1) is 13.8 Å². The molecule has 8 heteroatoms. The molecule has 0 fully saturated rings. The van der Waals surface area contributed by atoms with Gasteiger partial charge in [-0.25, -0.2) is 13.4 Å². The van der Waals surface area contributed by atoms with E-state index in [2.05, 4.69) is 15.0 Å². The molecule has 1 amide bonds. The molecule has 0 atom stereocenters. The molecular weight excluding hydrogens is 414 g/mol. The van der Waals surface area contributed by atoms with E-state index in [1.54, 1.807) is 55.5 Å². The summed E-state index contributed by atoms with van der Waals surface area (Å²) in [6, 6.07) is 15.0. The Kier molecular flexibility index (Phi) is 6.91. The van der Waals surface area contributed by atoms with E-state index in [1.165, 1.54) is 6.20 Å². The maximum absolute atomic E-state index is 12.7. The Balaban J connectivity index is 1.65. The van der Waals surface area contributed by atoms with Gasteiger partial charge < -0.3 is 10.1 Å². The molecule has 1 aromatic heterocycles. The number of aromatic nitrogens is 1. The van der Waals surface area contributed by atoms with Crippen LogP contribution in [0.15, 0.2) is 65.7 Å². The summed E-state index contributed by atoms with van der Waals surface area (Å²) in [5.41, 5.74) is 2.56. The van der Waals surface area contributed by atoms with E-state index < -0.39 is 10.0 Å². The Bertz CT molecular complexity index is 1160. The third-order valence-corrected chi connectivity index (χ3v) is 6.02. The molecule has 0 aliphatic heterocycles. The van der Waals surface area contributed by atoms with Crippen molar-refractivity contribution in [2.24, 2.45) is 0 Å². The van der Waals surface area contributed by atoms with Crippen molar-refractivity contribution in [2.45, 2.75) is 32.1 Å². The smallest absolute Gasteiger partial charge is 0.262 e. The van der Waals surface area contributed by atoms with Crippen LogP contribution < -0.4 is 14.8 Å². The summed E-state index contributed by atoms with van der Waals surface area (Å²) in [6.07, 6.45) is 2.31. The van der Waals surface area contributed by atoms with Crippen LogP contribution in [0.3, 0.4) is 0 Å². The fourth-order valence-electron chi connectivity index (χ4n) is 2.94. The first kappa shape index (κ1) is 22.3. The predicted molar refractivity (Wildman–Crippen MR) is 120 cm³/mol.